The summed E-state index contributed by atoms with van der Waals surface area (Å²) in [6.07, 6.45) is 3.48. The minimum absolute atomic E-state index is 0.181. The van der Waals surface area contributed by atoms with E-state index in [0.29, 0.717) is 29.1 Å². The number of carbonyl (C=O) groups excluding carboxylic acids is 3. The number of methoxy groups -OCH3 is 1. The lowest BCUT2D eigenvalue weighted by Gasteiger charge is -2.28. The molecule has 12 heteroatoms. The number of para-hydroxylation sites is 1. The monoisotopic (exact) mass is 620 g/mol. The number of ether oxygens (including phenoxy) is 3. The van der Waals surface area contributed by atoms with Crippen LogP contribution in [0.2, 0.25) is 0 Å². The van der Waals surface area contributed by atoms with Crippen LogP contribution in [0.5, 0.6) is 11.5 Å². The van der Waals surface area contributed by atoms with Gasteiger partial charge in [0.2, 0.25) is 0 Å². The minimum Gasteiger partial charge on any atom is -0.493 e. The number of hydrazone groups is 1. The van der Waals surface area contributed by atoms with Crippen molar-refractivity contribution < 1.29 is 28.6 Å². The Morgan fingerprint density at radius 3 is 2.67 bits per heavy atom. The summed E-state index contributed by atoms with van der Waals surface area (Å²) in [7, 11) is 1.44. The molecule has 12 nitrogen and oxygen atoms in total. The van der Waals surface area contributed by atoms with Crippen LogP contribution < -0.4 is 25.5 Å². The van der Waals surface area contributed by atoms with Crippen LogP contribution in [-0.2, 0) is 20.9 Å². The summed E-state index contributed by atoms with van der Waals surface area (Å²) in [5.74, 6) is -0.469. The van der Waals surface area contributed by atoms with Crippen LogP contribution in [0.1, 0.15) is 42.1 Å². The van der Waals surface area contributed by atoms with E-state index in [0.717, 1.165) is 22.0 Å². The molecule has 1 aromatic heterocycles. The Bertz CT molecular complexity index is 1900. The third-order valence-corrected chi connectivity index (χ3v) is 7.34. The standard InChI is InChI=1S/C34H32N6O6/c1-4-45-33(42)31-21(2)37-34(43)38-32(31)22-13-14-28(29(15-22)44-3)46-20-30(41)39-36-17-25-19-40(27-12-8-7-11-26(25)27)18-24-10-6-5-9-23(24)16-35/h5-15,17,19,32H,4,18,20H2,1-3H3,(H,39,41)(H2,37,38,43)/b36-17-/t32-/m1/s1. The first-order valence-corrected chi connectivity index (χ1v) is 14.5. The number of rotatable bonds is 11. The molecule has 46 heavy (non-hydrogen) atoms. The van der Waals surface area contributed by atoms with Gasteiger partial charge >= 0.3 is 12.0 Å². The highest BCUT2D eigenvalue weighted by Gasteiger charge is 2.32. The van der Waals surface area contributed by atoms with Gasteiger partial charge in [0.15, 0.2) is 18.1 Å². The fourth-order valence-electron chi connectivity index (χ4n) is 5.22. The van der Waals surface area contributed by atoms with Crippen molar-refractivity contribution in [3.05, 3.63) is 106 Å². The normalized spacial score (nSPS) is 14.4. The second-order valence-electron chi connectivity index (χ2n) is 10.3. The van der Waals surface area contributed by atoms with E-state index in [1.165, 1.54) is 7.11 Å². The lowest BCUT2D eigenvalue weighted by Crippen LogP contribution is -2.45. The van der Waals surface area contributed by atoms with Crippen LogP contribution in [0, 0.1) is 11.3 Å². The van der Waals surface area contributed by atoms with Gasteiger partial charge in [-0.15, -0.1) is 0 Å². The number of benzene rings is 3. The lowest BCUT2D eigenvalue weighted by atomic mass is 9.95. The first-order chi connectivity index (χ1) is 22.3. The van der Waals surface area contributed by atoms with Crippen molar-refractivity contribution >= 4 is 35.0 Å². The van der Waals surface area contributed by atoms with Gasteiger partial charge in [-0.3, -0.25) is 4.79 Å². The molecule has 3 amide bonds. The van der Waals surface area contributed by atoms with Crippen molar-refractivity contribution in [2.45, 2.75) is 26.4 Å². The van der Waals surface area contributed by atoms with E-state index in [2.05, 4.69) is 27.2 Å². The average molecular weight is 621 g/mol. The number of urea groups is 1. The number of allylic oxidation sites excluding steroid dienone is 1. The summed E-state index contributed by atoms with van der Waals surface area (Å²) in [6, 6.07) is 21.2. The van der Waals surface area contributed by atoms with Crippen molar-refractivity contribution in [3.8, 4) is 17.6 Å². The third-order valence-electron chi connectivity index (χ3n) is 7.34. The van der Waals surface area contributed by atoms with Gasteiger partial charge in [0.05, 0.1) is 43.2 Å². The summed E-state index contributed by atoms with van der Waals surface area (Å²) in [4.78, 5) is 37.4. The molecule has 0 radical (unpaired) electrons. The van der Waals surface area contributed by atoms with Crippen LogP contribution in [0.3, 0.4) is 0 Å². The average Bonchev–Trinajstić information content (AvgIpc) is 3.40. The fraction of sp³-hybridized carbons (Fsp3) is 0.206. The van der Waals surface area contributed by atoms with Crippen molar-refractivity contribution in [2.24, 2.45) is 5.10 Å². The van der Waals surface area contributed by atoms with E-state index in [9.17, 15) is 19.6 Å². The van der Waals surface area contributed by atoms with E-state index in [1.807, 2.05) is 53.2 Å². The zero-order valence-corrected chi connectivity index (χ0v) is 25.5. The molecule has 234 valence electrons. The molecule has 1 atom stereocenters. The number of hydrogen-bond acceptors (Lipinski definition) is 8. The molecule has 5 rings (SSSR count). The van der Waals surface area contributed by atoms with Crippen molar-refractivity contribution in [1.29, 1.82) is 5.26 Å². The Morgan fingerprint density at radius 1 is 1.11 bits per heavy atom. The molecule has 1 aliphatic rings. The highest BCUT2D eigenvalue weighted by atomic mass is 16.5. The van der Waals surface area contributed by atoms with E-state index >= 15 is 0 Å². The molecule has 2 heterocycles. The second kappa shape index (κ2) is 14.1. The Labute approximate surface area is 265 Å². The number of fused-ring (bicyclic) bond motifs is 1. The van der Waals surface area contributed by atoms with Gasteiger partial charge < -0.3 is 29.4 Å². The number of nitriles is 1. The number of nitrogens with one attached hydrogen (secondary N) is 3. The predicted octanol–water partition coefficient (Wildman–Crippen LogP) is 4.29. The van der Waals surface area contributed by atoms with Crippen molar-refractivity contribution in [1.82, 2.24) is 20.6 Å². The molecule has 0 aliphatic carbocycles. The first kappa shape index (κ1) is 31.3. The molecule has 3 N–H and O–H groups in total. The van der Waals surface area contributed by atoms with Crippen molar-refractivity contribution in [3.63, 3.8) is 0 Å². The zero-order valence-electron chi connectivity index (χ0n) is 25.5. The Balaban J connectivity index is 1.25. The molecule has 4 aromatic rings. The van der Waals surface area contributed by atoms with E-state index < -0.39 is 23.9 Å². The molecule has 0 saturated heterocycles. The number of nitrogens with zero attached hydrogens (tertiary/aromatic N) is 3. The Hall–Kier alpha value is -6.09. The first-order valence-electron chi connectivity index (χ1n) is 14.5. The number of amides is 3. The Morgan fingerprint density at radius 2 is 1.89 bits per heavy atom. The van der Waals surface area contributed by atoms with Crippen LogP contribution in [0.4, 0.5) is 4.79 Å². The number of esters is 1. The molecule has 0 spiro atoms. The smallest absolute Gasteiger partial charge is 0.338 e. The number of hydrogen-bond donors (Lipinski definition) is 3. The van der Waals surface area contributed by atoms with Crippen LogP contribution >= 0.6 is 0 Å². The highest BCUT2D eigenvalue weighted by molar-refractivity contribution is 6.00. The molecule has 1 aliphatic heterocycles. The molecular formula is C34H32N6O6. The predicted molar refractivity (Wildman–Crippen MR) is 170 cm³/mol. The van der Waals surface area contributed by atoms with E-state index in [4.69, 9.17) is 14.2 Å². The maximum Gasteiger partial charge on any atom is 0.338 e. The lowest BCUT2D eigenvalue weighted by molar-refractivity contribution is -0.139. The molecule has 0 unspecified atom stereocenters. The summed E-state index contributed by atoms with van der Waals surface area (Å²) in [6.45, 7) is 3.66. The maximum absolute atomic E-state index is 12.6. The summed E-state index contributed by atoms with van der Waals surface area (Å²) >= 11 is 0. The van der Waals surface area contributed by atoms with E-state index in [1.54, 1.807) is 44.3 Å². The summed E-state index contributed by atoms with van der Waals surface area (Å²) in [5, 5.41) is 19.9. The van der Waals surface area contributed by atoms with Crippen molar-refractivity contribution in [2.75, 3.05) is 20.3 Å². The van der Waals surface area contributed by atoms with Gasteiger partial charge in [0.25, 0.3) is 5.91 Å². The topological polar surface area (TPSA) is 156 Å². The largest absolute Gasteiger partial charge is 0.493 e. The zero-order chi connectivity index (χ0) is 32.6. The third kappa shape index (κ3) is 6.84. The number of aromatic nitrogens is 1. The maximum atomic E-state index is 12.6. The highest BCUT2D eigenvalue weighted by Crippen LogP contribution is 2.34. The van der Waals surface area contributed by atoms with Gasteiger partial charge in [-0.05, 0) is 49.2 Å². The molecular weight excluding hydrogens is 588 g/mol. The molecule has 0 saturated carbocycles. The fourth-order valence-corrected chi connectivity index (χ4v) is 5.22. The Kier molecular flexibility index (Phi) is 9.63. The van der Waals surface area contributed by atoms with Gasteiger partial charge in [-0.1, -0.05) is 42.5 Å². The quantitative estimate of drug-likeness (QED) is 0.128. The summed E-state index contributed by atoms with van der Waals surface area (Å²) in [5.41, 5.74) is 6.96. The van der Waals surface area contributed by atoms with Gasteiger partial charge in [-0.2, -0.15) is 10.4 Å². The van der Waals surface area contributed by atoms with E-state index in [-0.39, 0.29) is 24.5 Å². The number of carbonyl (C=O) groups is 3. The van der Waals surface area contributed by atoms with Crippen LogP contribution in [-0.4, -0.2) is 49.0 Å². The SMILES string of the molecule is CCOC(=O)C1=C(C)NC(=O)N[C@@H]1c1ccc(OCC(=O)N/N=C\c2cn(Cc3ccccc3C#N)c3ccccc23)c(OC)c1. The van der Waals surface area contributed by atoms with Gasteiger partial charge in [0.1, 0.15) is 0 Å². The minimum atomic E-state index is -0.777. The van der Waals surface area contributed by atoms with Crippen LogP contribution in [0.25, 0.3) is 10.9 Å². The summed E-state index contributed by atoms with van der Waals surface area (Å²) < 4.78 is 18.4. The van der Waals surface area contributed by atoms with Gasteiger partial charge in [0, 0.05) is 34.9 Å². The molecule has 0 bridgehead atoms. The van der Waals surface area contributed by atoms with Gasteiger partial charge in [-0.25, -0.2) is 15.0 Å². The second-order valence-corrected chi connectivity index (χ2v) is 10.3. The molecule has 0 fully saturated rings. The van der Waals surface area contributed by atoms with Crippen LogP contribution in [0.15, 0.2) is 89.3 Å². The molecule has 3 aromatic carbocycles.